The normalized spacial score (nSPS) is 27.3. The summed E-state index contributed by atoms with van der Waals surface area (Å²) in [5.74, 6) is -2.49. The molecule has 2 rings (SSSR count). The number of piperidine rings is 1. The van der Waals surface area contributed by atoms with E-state index in [4.69, 9.17) is 0 Å². The van der Waals surface area contributed by atoms with Crippen LogP contribution in [0.1, 0.15) is 26.7 Å². The third-order valence-corrected chi connectivity index (χ3v) is 4.06. The quantitative estimate of drug-likeness (QED) is 0.828. The molecule has 0 bridgehead atoms. The van der Waals surface area contributed by atoms with Crippen molar-refractivity contribution < 1.29 is 8.78 Å². The molecule has 5 heteroatoms. The summed E-state index contributed by atoms with van der Waals surface area (Å²) < 4.78 is 26.8. The number of piperazine rings is 1. The summed E-state index contributed by atoms with van der Waals surface area (Å²) in [6.07, 6.45) is 0.669. The molecule has 2 aliphatic heterocycles. The highest BCUT2D eigenvalue weighted by atomic mass is 19.3. The number of nitrogens with one attached hydrogen (secondary N) is 1. The Labute approximate surface area is 109 Å². The van der Waals surface area contributed by atoms with Crippen molar-refractivity contribution in [2.45, 2.75) is 38.2 Å². The predicted molar refractivity (Wildman–Crippen MR) is 69.1 cm³/mol. The Morgan fingerprint density at radius 3 is 2.44 bits per heavy atom. The van der Waals surface area contributed by atoms with Crippen LogP contribution >= 0.6 is 0 Å². The monoisotopic (exact) mass is 261 g/mol. The minimum Gasteiger partial charge on any atom is -0.314 e. The molecule has 0 spiro atoms. The number of halogens is 2. The van der Waals surface area contributed by atoms with Crippen LogP contribution in [0.2, 0.25) is 0 Å². The zero-order valence-electron chi connectivity index (χ0n) is 11.5. The molecule has 2 aliphatic rings. The van der Waals surface area contributed by atoms with E-state index in [0.717, 1.165) is 39.3 Å². The second kappa shape index (κ2) is 5.39. The molecular weight excluding hydrogens is 236 g/mol. The predicted octanol–water partition coefficient (Wildman–Crippen LogP) is 1.40. The van der Waals surface area contributed by atoms with Crippen LogP contribution in [0.5, 0.6) is 0 Å². The van der Waals surface area contributed by atoms with Crippen LogP contribution in [0.15, 0.2) is 0 Å². The maximum Gasteiger partial charge on any atom is 0.260 e. The molecule has 2 saturated heterocycles. The molecule has 0 radical (unpaired) electrons. The summed E-state index contributed by atoms with van der Waals surface area (Å²) in [5, 5.41) is 3.33. The topological polar surface area (TPSA) is 18.5 Å². The first-order chi connectivity index (χ1) is 8.39. The molecule has 2 heterocycles. The molecule has 0 atom stereocenters. The Morgan fingerprint density at radius 2 is 1.83 bits per heavy atom. The third-order valence-electron chi connectivity index (χ3n) is 4.06. The van der Waals surface area contributed by atoms with Gasteiger partial charge in [0.25, 0.3) is 5.92 Å². The minimum absolute atomic E-state index is 0.0183. The van der Waals surface area contributed by atoms with Crippen LogP contribution < -0.4 is 5.32 Å². The van der Waals surface area contributed by atoms with Crippen LogP contribution in [-0.4, -0.2) is 67.1 Å². The second-order valence-corrected chi connectivity index (χ2v) is 6.22. The molecule has 0 amide bonds. The molecule has 0 aromatic heterocycles. The third kappa shape index (κ3) is 3.62. The molecule has 0 unspecified atom stereocenters. The Bertz CT molecular complexity index is 275. The van der Waals surface area contributed by atoms with E-state index in [2.05, 4.69) is 24.1 Å². The highest BCUT2D eigenvalue weighted by molar-refractivity contribution is 4.90. The minimum atomic E-state index is -2.49. The van der Waals surface area contributed by atoms with Crippen molar-refractivity contribution in [2.75, 3.05) is 45.8 Å². The van der Waals surface area contributed by atoms with Crippen molar-refractivity contribution >= 4 is 0 Å². The molecule has 0 aromatic carbocycles. The summed E-state index contributed by atoms with van der Waals surface area (Å²) in [6.45, 7) is 9.85. The van der Waals surface area contributed by atoms with Gasteiger partial charge >= 0.3 is 0 Å². The van der Waals surface area contributed by atoms with Crippen LogP contribution in [0, 0.1) is 0 Å². The fourth-order valence-electron chi connectivity index (χ4n) is 3.10. The lowest BCUT2D eigenvalue weighted by atomic mass is 9.98. The lowest BCUT2D eigenvalue weighted by Gasteiger charge is -2.45. The van der Waals surface area contributed by atoms with E-state index in [9.17, 15) is 8.78 Å². The molecule has 0 aromatic rings. The Hall–Kier alpha value is -0.260. The van der Waals surface area contributed by atoms with Crippen molar-refractivity contribution in [3.63, 3.8) is 0 Å². The van der Waals surface area contributed by atoms with E-state index in [-0.39, 0.29) is 18.5 Å². The van der Waals surface area contributed by atoms with Crippen molar-refractivity contribution in [3.8, 4) is 0 Å². The number of hydrogen-bond acceptors (Lipinski definition) is 3. The fraction of sp³-hybridized carbons (Fsp3) is 1.00. The van der Waals surface area contributed by atoms with Crippen LogP contribution in [0.4, 0.5) is 8.78 Å². The fourth-order valence-corrected chi connectivity index (χ4v) is 3.10. The number of alkyl halides is 2. The van der Waals surface area contributed by atoms with E-state index in [0.29, 0.717) is 6.42 Å². The lowest BCUT2D eigenvalue weighted by molar-refractivity contribution is -0.0751. The molecule has 0 saturated carbocycles. The molecule has 0 aliphatic carbocycles. The molecule has 2 fully saturated rings. The zero-order valence-corrected chi connectivity index (χ0v) is 11.5. The van der Waals surface area contributed by atoms with Crippen molar-refractivity contribution in [1.82, 2.24) is 15.1 Å². The zero-order chi connectivity index (χ0) is 13.2. The van der Waals surface area contributed by atoms with Crippen molar-refractivity contribution in [1.29, 1.82) is 0 Å². The molecule has 1 N–H and O–H groups in total. The Kier molecular flexibility index (Phi) is 4.24. The first-order valence-electron chi connectivity index (χ1n) is 6.95. The standard InChI is InChI=1S/C13H25F2N3/c1-12(2,18-8-5-16-6-9-18)10-17-7-3-4-13(14,15)11-17/h16H,3-11H2,1-2H3. The highest BCUT2D eigenvalue weighted by Gasteiger charge is 2.38. The van der Waals surface area contributed by atoms with Gasteiger partial charge in [-0.05, 0) is 26.8 Å². The first-order valence-corrected chi connectivity index (χ1v) is 6.95. The second-order valence-electron chi connectivity index (χ2n) is 6.22. The maximum atomic E-state index is 13.4. The van der Waals surface area contributed by atoms with Crippen LogP contribution in [0.3, 0.4) is 0 Å². The van der Waals surface area contributed by atoms with E-state index in [1.54, 1.807) is 0 Å². The van der Waals surface area contributed by atoms with Gasteiger partial charge in [0.15, 0.2) is 0 Å². The maximum absolute atomic E-state index is 13.4. The molecule has 3 nitrogen and oxygen atoms in total. The highest BCUT2D eigenvalue weighted by Crippen LogP contribution is 2.28. The van der Waals surface area contributed by atoms with E-state index >= 15 is 0 Å². The van der Waals surface area contributed by atoms with Gasteiger partial charge in [-0.25, -0.2) is 8.78 Å². The number of rotatable bonds is 3. The van der Waals surface area contributed by atoms with E-state index < -0.39 is 5.92 Å². The van der Waals surface area contributed by atoms with E-state index in [1.807, 2.05) is 4.90 Å². The summed E-state index contributed by atoms with van der Waals surface area (Å²) in [5.41, 5.74) is -0.0183. The average Bonchev–Trinajstić information content (AvgIpc) is 2.28. The van der Waals surface area contributed by atoms with Gasteiger partial charge in [-0.2, -0.15) is 0 Å². The van der Waals surface area contributed by atoms with Gasteiger partial charge in [0, 0.05) is 44.7 Å². The van der Waals surface area contributed by atoms with Crippen molar-refractivity contribution in [2.24, 2.45) is 0 Å². The number of hydrogen-bond donors (Lipinski definition) is 1. The first kappa shape index (κ1) is 14.2. The van der Waals surface area contributed by atoms with Gasteiger partial charge in [-0.3, -0.25) is 9.80 Å². The molecule has 106 valence electrons. The Balaban J connectivity index is 1.90. The summed E-state index contributed by atoms with van der Waals surface area (Å²) in [6, 6.07) is 0. The van der Waals surface area contributed by atoms with E-state index in [1.165, 1.54) is 0 Å². The lowest BCUT2D eigenvalue weighted by Crippen LogP contribution is -2.59. The SMILES string of the molecule is CC(C)(CN1CCCC(F)(F)C1)N1CCNCC1. The summed E-state index contributed by atoms with van der Waals surface area (Å²) >= 11 is 0. The van der Waals surface area contributed by atoms with Crippen LogP contribution in [-0.2, 0) is 0 Å². The van der Waals surface area contributed by atoms with Gasteiger partial charge in [0.2, 0.25) is 0 Å². The van der Waals surface area contributed by atoms with Crippen LogP contribution in [0.25, 0.3) is 0 Å². The number of nitrogens with zero attached hydrogens (tertiary/aromatic N) is 2. The summed E-state index contributed by atoms with van der Waals surface area (Å²) in [7, 11) is 0. The smallest absolute Gasteiger partial charge is 0.260 e. The summed E-state index contributed by atoms with van der Waals surface area (Å²) in [4.78, 5) is 4.35. The number of likely N-dealkylation sites (tertiary alicyclic amines) is 1. The molecule has 18 heavy (non-hydrogen) atoms. The van der Waals surface area contributed by atoms with Gasteiger partial charge in [-0.15, -0.1) is 0 Å². The largest absolute Gasteiger partial charge is 0.314 e. The Morgan fingerprint density at radius 1 is 1.17 bits per heavy atom. The van der Waals surface area contributed by atoms with Crippen molar-refractivity contribution in [3.05, 3.63) is 0 Å². The van der Waals surface area contributed by atoms with Gasteiger partial charge < -0.3 is 5.32 Å². The van der Waals surface area contributed by atoms with Gasteiger partial charge in [0.05, 0.1) is 6.54 Å². The van der Waals surface area contributed by atoms with Gasteiger partial charge in [0.1, 0.15) is 0 Å². The molecular formula is C13H25F2N3. The van der Waals surface area contributed by atoms with Gasteiger partial charge in [-0.1, -0.05) is 0 Å². The average molecular weight is 261 g/mol.